The number of rotatable bonds is 3. The molecule has 114 valence electrons. The SMILES string of the molecule is COc1cc(CC2CC[NH2+]CC2)cc(C(F)(F)F)c1.[Cl-]. The van der Waals surface area contributed by atoms with Crippen molar-refractivity contribution in [3.05, 3.63) is 29.3 Å². The van der Waals surface area contributed by atoms with Crippen molar-refractivity contribution in [1.29, 1.82) is 0 Å². The largest absolute Gasteiger partial charge is 1.00 e. The zero-order chi connectivity index (χ0) is 13.9. The number of hydrogen-bond donors (Lipinski definition) is 1. The van der Waals surface area contributed by atoms with Gasteiger partial charge in [0.15, 0.2) is 0 Å². The summed E-state index contributed by atoms with van der Waals surface area (Å²) in [6, 6.07) is 4.02. The van der Waals surface area contributed by atoms with Crippen molar-refractivity contribution in [2.24, 2.45) is 5.92 Å². The predicted molar refractivity (Wildman–Crippen MR) is 66.1 cm³/mol. The number of ether oxygens (including phenoxy) is 1. The van der Waals surface area contributed by atoms with Crippen LogP contribution in [0.4, 0.5) is 13.2 Å². The third-order valence-corrected chi connectivity index (χ3v) is 3.61. The Hall–Kier alpha value is -0.940. The average molecular weight is 310 g/mol. The van der Waals surface area contributed by atoms with E-state index in [-0.39, 0.29) is 18.2 Å². The van der Waals surface area contributed by atoms with Gasteiger partial charge in [0.2, 0.25) is 0 Å². The van der Waals surface area contributed by atoms with Gasteiger partial charge in [-0.1, -0.05) is 0 Å². The van der Waals surface area contributed by atoms with Crippen LogP contribution in [0.2, 0.25) is 0 Å². The van der Waals surface area contributed by atoms with Crippen LogP contribution in [-0.2, 0) is 12.6 Å². The van der Waals surface area contributed by atoms with Crippen LogP contribution in [0.25, 0.3) is 0 Å². The van der Waals surface area contributed by atoms with E-state index in [0.717, 1.165) is 37.6 Å². The standard InChI is InChI=1S/C14H18F3NO.ClH/c1-19-13-8-11(6-10-2-4-18-5-3-10)7-12(9-13)14(15,16)17;/h7-10,18H,2-6H2,1H3;1H. The van der Waals surface area contributed by atoms with Crippen LogP contribution < -0.4 is 22.5 Å². The fourth-order valence-corrected chi connectivity index (χ4v) is 2.59. The minimum absolute atomic E-state index is 0. The van der Waals surface area contributed by atoms with E-state index in [2.05, 4.69) is 5.32 Å². The fraction of sp³-hybridized carbons (Fsp3) is 0.571. The first-order valence-corrected chi connectivity index (χ1v) is 6.56. The van der Waals surface area contributed by atoms with Crippen molar-refractivity contribution in [2.45, 2.75) is 25.4 Å². The number of quaternary nitrogens is 1. The highest BCUT2D eigenvalue weighted by molar-refractivity contribution is 5.36. The summed E-state index contributed by atoms with van der Waals surface area (Å²) < 4.78 is 43.4. The molecule has 1 aromatic carbocycles. The van der Waals surface area contributed by atoms with Crippen LogP contribution >= 0.6 is 0 Å². The maximum absolute atomic E-state index is 12.8. The van der Waals surface area contributed by atoms with Gasteiger partial charge in [-0.3, -0.25) is 0 Å². The molecule has 1 fully saturated rings. The first kappa shape index (κ1) is 17.1. The maximum Gasteiger partial charge on any atom is 0.416 e. The van der Waals surface area contributed by atoms with Crippen molar-refractivity contribution in [2.75, 3.05) is 20.2 Å². The Balaban J connectivity index is 0.00000200. The van der Waals surface area contributed by atoms with Gasteiger partial charge < -0.3 is 22.5 Å². The van der Waals surface area contributed by atoms with Gasteiger partial charge in [0.1, 0.15) is 5.75 Å². The highest BCUT2D eigenvalue weighted by Crippen LogP contribution is 2.33. The molecule has 0 saturated carbocycles. The first-order chi connectivity index (χ1) is 8.99. The van der Waals surface area contributed by atoms with Crippen molar-refractivity contribution < 1.29 is 35.6 Å². The van der Waals surface area contributed by atoms with E-state index in [9.17, 15) is 13.2 Å². The maximum atomic E-state index is 12.8. The Kier molecular flexibility index (Phi) is 6.14. The van der Waals surface area contributed by atoms with Gasteiger partial charge in [-0.2, -0.15) is 13.2 Å². The third kappa shape index (κ3) is 4.56. The van der Waals surface area contributed by atoms with Crippen LogP contribution in [0.3, 0.4) is 0 Å². The van der Waals surface area contributed by atoms with Gasteiger partial charge in [-0.05, 0) is 48.9 Å². The van der Waals surface area contributed by atoms with E-state index in [1.807, 2.05) is 0 Å². The van der Waals surface area contributed by atoms with Crippen molar-refractivity contribution >= 4 is 0 Å². The average Bonchev–Trinajstić information content (AvgIpc) is 2.38. The lowest BCUT2D eigenvalue weighted by molar-refractivity contribution is -0.664. The molecule has 0 amide bonds. The minimum atomic E-state index is -4.32. The van der Waals surface area contributed by atoms with Gasteiger partial charge in [0, 0.05) is 0 Å². The molecule has 0 atom stereocenters. The number of hydrogen-bond acceptors (Lipinski definition) is 1. The Bertz CT molecular complexity index is 431. The lowest BCUT2D eigenvalue weighted by Crippen LogP contribution is -3.00. The molecule has 0 aromatic heterocycles. The van der Waals surface area contributed by atoms with Crippen LogP contribution in [0, 0.1) is 5.92 Å². The molecule has 20 heavy (non-hydrogen) atoms. The molecule has 1 aliphatic heterocycles. The third-order valence-electron chi connectivity index (χ3n) is 3.61. The summed E-state index contributed by atoms with van der Waals surface area (Å²) in [5.74, 6) is 0.769. The quantitative estimate of drug-likeness (QED) is 0.780. The smallest absolute Gasteiger partial charge is 0.416 e. The number of halogens is 4. The summed E-state index contributed by atoms with van der Waals surface area (Å²) in [6.07, 6.45) is -1.48. The molecule has 0 bridgehead atoms. The second-order valence-corrected chi connectivity index (χ2v) is 5.08. The Morgan fingerprint density at radius 2 is 1.85 bits per heavy atom. The second-order valence-electron chi connectivity index (χ2n) is 5.08. The summed E-state index contributed by atoms with van der Waals surface area (Å²) in [5, 5.41) is 2.25. The van der Waals surface area contributed by atoms with Gasteiger partial charge in [-0.25, -0.2) is 0 Å². The highest BCUT2D eigenvalue weighted by Gasteiger charge is 2.31. The summed E-state index contributed by atoms with van der Waals surface area (Å²) in [5.41, 5.74) is 0.0998. The van der Waals surface area contributed by atoms with Crippen molar-refractivity contribution in [1.82, 2.24) is 0 Å². The van der Waals surface area contributed by atoms with Gasteiger partial charge in [-0.15, -0.1) is 0 Å². The number of methoxy groups -OCH3 is 1. The molecule has 0 radical (unpaired) electrons. The number of nitrogens with two attached hydrogens (primary N) is 1. The molecular weight excluding hydrogens is 291 g/mol. The Labute approximate surface area is 123 Å². The normalized spacial score (nSPS) is 16.6. The highest BCUT2D eigenvalue weighted by atomic mass is 35.5. The Morgan fingerprint density at radius 3 is 2.40 bits per heavy atom. The lowest BCUT2D eigenvalue weighted by Gasteiger charge is -2.21. The molecular formula is C14H19ClF3NO. The van der Waals surface area contributed by atoms with E-state index in [4.69, 9.17) is 4.74 Å². The number of alkyl halides is 3. The van der Waals surface area contributed by atoms with E-state index < -0.39 is 11.7 Å². The lowest BCUT2D eigenvalue weighted by atomic mass is 9.90. The van der Waals surface area contributed by atoms with Crippen LogP contribution in [0.1, 0.15) is 24.0 Å². The number of piperidine rings is 1. The van der Waals surface area contributed by atoms with Crippen LogP contribution in [0.5, 0.6) is 5.75 Å². The molecule has 0 unspecified atom stereocenters. The molecule has 2 N–H and O–H groups in total. The summed E-state index contributed by atoms with van der Waals surface area (Å²) in [7, 11) is 1.40. The Morgan fingerprint density at radius 1 is 1.20 bits per heavy atom. The van der Waals surface area contributed by atoms with E-state index >= 15 is 0 Å². The topological polar surface area (TPSA) is 25.8 Å². The zero-order valence-electron chi connectivity index (χ0n) is 11.3. The van der Waals surface area contributed by atoms with E-state index in [1.54, 1.807) is 6.07 Å². The fourth-order valence-electron chi connectivity index (χ4n) is 2.59. The second kappa shape index (κ2) is 7.18. The summed E-state index contributed by atoms with van der Waals surface area (Å²) in [4.78, 5) is 0. The van der Waals surface area contributed by atoms with Crippen molar-refractivity contribution in [3.63, 3.8) is 0 Å². The first-order valence-electron chi connectivity index (χ1n) is 6.56. The molecule has 2 rings (SSSR count). The molecule has 1 aromatic rings. The van der Waals surface area contributed by atoms with Gasteiger partial charge >= 0.3 is 6.18 Å². The van der Waals surface area contributed by atoms with Crippen molar-refractivity contribution in [3.8, 4) is 5.75 Å². The monoisotopic (exact) mass is 309 g/mol. The molecule has 1 aliphatic rings. The van der Waals surface area contributed by atoms with E-state index in [1.165, 1.54) is 13.2 Å². The predicted octanol–water partition coefficient (Wildman–Crippen LogP) is -0.766. The molecule has 0 spiro atoms. The minimum Gasteiger partial charge on any atom is -1.00 e. The molecule has 0 aliphatic carbocycles. The molecule has 2 nitrogen and oxygen atoms in total. The molecule has 1 heterocycles. The molecule has 6 heteroatoms. The zero-order valence-corrected chi connectivity index (χ0v) is 12.1. The summed E-state index contributed by atoms with van der Waals surface area (Å²) in [6.45, 7) is 2.14. The van der Waals surface area contributed by atoms with Crippen LogP contribution in [0.15, 0.2) is 18.2 Å². The van der Waals surface area contributed by atoms with E-state index in [0.29, 0.717) is 12.3 Å². The molecule has 1 saturated heterocycles. The van der Waals surface area contributed by atoms with Gasteiger partial charge in [0.05, 0.1) is 25.8 Å². The van der Waals surface area contributed by atoms with Crippen LogP contribution in [-0.4, -0.2) is 20.2 Å². The van der Waals surface area contributed by atoms with Gasteiger partial charge in [0.25, 0.3) is 0 Å². The summed E-state index contributed by atoms with van der Waals surface area (Å²) >= 11 is 0. The number of benzene rings is 1.